The molecule has 0 spiro atoms. The fourth-order valence-electron chi connectivity index (χ4n) is 2.71. The summed E-state index contributed by atoms with van der Waals surface area (Å²) in [6.07, 6.45) is 2.73. The molecule has 17 heavy (non-hydrogen) atoms. The van der Waals surface area contributed by atoms with Crippen molar-refractivity contribution in [2.24, 2.45) is 0 Å². The normalized spacial score (nSPS) is 20.9. The van der Waals surface area contributed by atoms with Crippen molar-refractivity contribution in [1.29, 1.82) is 0 Å². The van der Waals surface area contributed by atoms with Gasteiger partial charge in [-0.2, -0.15) is 0 Å². The summed E-state index contributed by atoms with van der Waals surface area (Å²) in [4.78, 5) is 14.6. The van der Waals surface area contributed by atoms with Gasteiger partial charge in [0.25, 0.3) is 0 Å². The van der Waals surface area contributed by atoms with Gasteiger partial charge in [0.1, 0.15) is 5.54 Å². The monoisotopic (exact) mass is 242 g/mol. The van der Waals surface area contributed by atoms with E-state index in [0.29, 0.717) is 6.61 Å². The number of carbonyl (C=O) groups is 1. The van der Waals surface area contributed by atoms with Gasteiger partial charge >= 0.3 is 5.97 Å². The molecule has 1 unspecified atom stereocenters. The molecule has 1 aliphatic rings. The Morgan fingerprint density at radius 3 is 2.41 bits per heavy atom. The van der Waals surface area contributed by atoms with E-state index in [9.17, 15) is 4.79 Å². The summed E-state index contributed by atoms with van der Waals surface area (Å²) in [5.74, 6) is -0.0359. The Balaban J connectivity index is 2.84. The number of esters is 1. The molecule has 0 aromatic rings. The fraction of sp³-hybridized carbons (Fsp3) is 0.923. The lowest BCUT2D eigenvalue weighted by Gasteiger charge is -2.43. The first-order valence-electron chi connectivity index (χ1n) is 6.84. The molecule has 0 saturated carbocycles. The third kappa shape index (κ3) is 3.19. The average molecular weight is 242 g/mol. The third-order valence-corrected chi connectivity index (χ3v) is 3.63. The quantitative estimate of drug-likeness (QED) is 0.715. The van der Waals surface area contributed by atoms with Crippen LogP contribution < -0.4 is 5.32 Å². The molecule has 100 valence electrons. The standard InChI is InChI=1S/C13H26N2O2/c1-4-7-13(5-2,12(16)17-6-3)15-10-8-14-9-11-15/h14H,4-11H2,1-3H3. The molecule has 1 N–H and O–H groups in total. The molecule has 0 radical (unpaired) electrons. The second-order valence-corrected chi connectivity index (χ2v) is 4.59. The van der Waals surface area contributed by atoms with Crippen molar-refractivity contribution in [1.82, 2.24) is 10.2 Å². The summed E-state index contributed by atoms with van der Waals surface area (Å²) in [5.41, 5.74) is -0.396. The molecule has 0 aromatic heterocycles. The predicted molar refractivity (Wildman–Crippen MR) is 69.0 cm³/mol. The Hall–Kier alpha value is -0.610. The second kappa shape index (κ2) is 6.97. The van der Waals surface area contributed by atoms with E-state index in [4.69, 9.17) is 4.74 Å². The maximum Gasteiger partial charge on any atom is 0.326 e. The number of nitrogens with one attached hydrogen (secondary N) is 1. The van der Waals surface area contributed by atoms with Crippen molar-refractivity contribution in [3.05, 3.63) is 0 Å². The maximum absolute atomic E-state index is 12.3. The van der Waals surface area contributed by atoms with Crippen LogP contribution in [0.25, 0.3) is 0 Å². The SMILES string of the molecule is CCCC(CC)(C(=O)OCC)N1CCNCC1. The molecule has 0 aromatic carbocycles. The minimum Gasteiger partial charge on any atom is -0.465 e. The van der Waals surface area contributed by atoms with Gasteiger partial charge in [-0.25, -0.2) is 0 Å². The summed E-state index contributed by atoms with van der Waals surface area (Å²) >= 11 is 0. The Morgan fingerprint density at radius 1 is 1.29 bits per heavy atom. The van der Waals surface area contributed by atoms with Crippen molar-refractivity contribution in [3.8, 4) is 0 Å². The lowest BCUT2D eigenvalue weighted by Crippen LogP contribution is -2.60. The molecule has 0 amide bonds. The van der Waals surface area contributed by atoms with Crippen LogP contribution in [0.4, 0.5) is 0 Å². The van der Waals surface area contributed by atoms with Gasteiger partial charge in [0, 0.05) is 26.2 Å². The lowest BCUT2D eigenvalue weighted by atomic mass is 9.88. The topological polar surface area (TPSA) is 41.6 Å². The lowest BCUT2D eigenvalue weighted by molar-refractivity contribution is -0.159. The van der Waals surface area contributed by atoms with Crippen LogP contribution in [0.1, 0.15) is 40.0 Å². The molecule has 1 rings (SSSR count). The number of carbonyl (C=O) groups excluding carboxylic acids is 1. The molecule has 0 aliphatic carbocycles. The first-order valence-corrected chi connectivity index (χ1v) is 6.84. The Labute approximate surface area is 105 Å². The molecule has 1 aliphatic heterocycles. The number of hydrogen-bond donors (Lipinski definition) is 1. The Kier molecular flexibility index (Phi) is 5.92. The molecule has 1 saturated heterocycles. The third-order valence-electron chi connectivity index (χ3n) is 3.63. The summed E-state index contributed by atoms with van der Waals surface area (Å²) < 4.78 is 5.30. The van der Waals surface area contributed by atoms with Gasteiger partial charge in [0.2, 0.25) is 0 Å². The highest BCUT2D eigenvalue weighted by Crippen LogP contribution is 2.28. The number of hydrogen-bond acceptors (Lipinski definition) is 4. The highest BCUT2D eigenvalue weighted by atomic mass is 16.5. The van der Waals surface area contributed by atoms with Crippen molar-refractivity contribution in [2.75, 3.05) is 32.8 Å². The van der Waals surface area contributed by atoms with E-state index in [-0.39, 0.29) is 5.97 Å². The smallest absolute Gasteiger partial charge is 0.326 e. The zero-order valence-corrected chi connectivity index (χ0v) is 11.4. The van der Waals surface area contributed by atoms with Crippen molar-refractivity contribution in [3.63, 3.8) is 0 Å². The van der Waals surface area contributed by atoms with E-state index < -0.39 is 5.54 Å². The summed E-state index contributed by atoms with van der Waals surface area (Å²) in [7, 11) is 0. The zero-order chi connectivity index (χ0) is 12.7. The minimum atomic E-state index is -0.396. The fourth-order valence-corrected chi connectivity index (χ4v) is 2.71. The van der Waals surface area contributed by atoms with Crippen LogP contribution in [0.5, 0.6) is 0 Å². The Bertz CT molecular complexity index is 240. The number of ether oxygens (including phenoxy) is 1. The number of nitrogens with zero attached hydrogens (tertiary/aromatic N) is 1. The first-order chi connectivity index (χ1) is 8.21. The molecule has 1 fully saturated rings. The highest BCUT2D eigenvalue weighted by Gasteiger charge is 2.43. The average Bonchev–Trinajstić information content (AvgIpc) is 2.37. The summed E-state index contributed by atoms with van der Waals surface area (Å²) in [6.45, 7) is 10.4. The van der Waals surface area contributed by atoms with Gasteiger partial charge in [0.05, 0.1) is 6.61 Å². The van der Waals surface area contributed by atoms with Crippen LogP contribution in [0.3, 0.4) is 0 Å². The van der Waals surface area contributed by atoms with E-state index in [0.717, 1.165) is 45.4 Å². The second-order valence-electron chi connectivity index (χ2n) is 4.59. The maximum atomic E-state index is 12.3. The molecule has 1 heterocycles. The first kappa shape index (κ1) is 14.5. The molecule has 1 atom stereocenters. The van der Waals surface area contributed by atoms with Gasteiger partial charge in [-0.3, -0.25) is 9.69 Å². The number of rotatable bonds is 6. The zero-order valence-electron chi connectivity index (χ0n) is 11.4. The molecular weight excluding hydrogens is 216 g/mol. The van der Waals surface area contributed by atoms with E-state index in [1.54, 1.807) is 0 Å². The minimum absolute atomic E-state index is 0.0359. The van der Waals surface area contributed by atoms with E-state index in [2.05, 4.69) is 24.1 Å². The van der Waals surface area contributed by atoms with Crippen LogP contribution in [0, 0.1) is 0 Å². The van der Waals surface area contributed by atoms with E-state index >= 15 is 0 Å². The Morgan fingerprint density at radius 2 is 1.94 bits per heavy atom. The van der Waals surface area contributed by atoms with Gasteiger partial charge in [-0.05, 0) is 19.8 Å². The summed E-state index contributed by atoms with van der Waals surface area (Å²) in [5, 5.41) is 3.33. The van der Waals surface area contributed by atoms with Crippen LogP contribution in [-0.4, -0.2) is 49.2 Å². The van der Waals surface area contributed by atoms with E-state index in [1.165, 1.54) is 0 Å². The van der Waals surface area contributed by atoms with Crippen LogP contribution in [-0.2, 0) is 9.53 Å². The van der Waals surface area contributed by atoms with Gasteiger partial charge < -0.3 is 10.1 Å². The van der Waals surface area contributed by atoms with Crippen molar-refractivity contribution in [2.45, 2.75) is 45.6 Å². The van der Waals surface area contributed by atoms with Crippen molar-refractivity contribution >= 4 is 5.97 Å². The predicted octanol–water partition coefficient (Wildman–Crippen LogP) is 1.40. The van der Waals surface area contributed by atoms with Gasteiger partial charge in [-0.1, -0.05) is 20.3 Å². The highest BCUT2D eigenvalue weighted by molar-refractivity contribution is 5.80. The van der Waals surface area contributed by atoms with Crippen LogP contribution >= 0.6 is 0 Å². The molecule has 0 bridgehead atoms. The van der Waals surface area contributed by atoms with E-state index in [1.807, 2.05) is 6.92 Å². The molecule has 4 nitrogen and oxygen atoms in total. The van der Waals surface area contributed by atoms with Crippen LogP contribution in [0.15, 0.2) is 0 Å². The van der Waals surface area contributed by atoms with Crippen molar-refractivity contribution < 1.29 is 9.53 Å². The number of piperazine rings is 1. The van der Waals surface area contributed by atoms with Crippen LogP contribution in [0.2, 0.25) is 0 Å². The molecule has 4 heteroatoms. The van der Waals surface area contributed by atoms with Gasteiger partial charge in [0.15, 0.2) is 0 Å². The molecular formula is C13H26N2O2. The largest absolute Gasteiger partial charge is 0.465 e. The van der Waals surface area contributed by atoms with Gasteiger partial charge in [-0.15, -0.1) is 0 Å². The summed E-state index contributed by atoms with van der Waals surface area (Å²) in [6, 6.07) is 0.